The number of para-hydroxylation sites is 3. The molecule has 0 radical (unpaired) electrons. The third kappa shape index (κ3) is 6.38. The highest BCUT2D eigenvalue weighted by Gasteiger charge is 2.27. The summed E-state index contributed by atoms with van der Waals surface area (Å²) in [6, 6.07) is 44.6. The molecule has 0 saturated heterocycles. The van der Waals surface area contributed by atoms with Crippen molar-refractivity contribution in [1.29, 1.82) is 0 Å². The molecule has 0 aromatic heterocycles. The quantitative estimate of drug-likeness (QED) is 0.136. The van der Waals surface area contributed by atoms with Crippen molar-refractivity contribution in [1.82, 2.24) is 0 Å². The molecule has 0 N–H and O–H groups in total. The molecule has 5 aromatic carbocycles. The van der Waals surface area contributed by atoms with Gasteiger partial charge in [0, 0.05) is 54.8 Å². The molecule has 226 valence electrons. The Morgan fingerprint density at radius 3 is 1.27 bits per heavy atom. The third-order valence-electron chi connectivity index (χ3n) is 8.92. The number of nitrogens with zero attached hydrogens (tertiary/aromatic N) is 3. The van der Waals surface area contributed by atoms with Crippen LogP contribution in [0.3, 0.4) is 0 Å². The molecule has 0 aliphatic rings. The van der Waals surface area contributed by atoms with Crippen molar-refractivity contribution in [3.05, 3.63) is 149 Å². The number of aryl methyl sites for hydroxylation is 2. The van der Waals surface area contributed by atoms with Crippen molar-refractivity contribution in [2.45, 2.75) is 47.5 Å². The Hall–Kier alpha value is -4.50. The maximum absolute atomic E-state index is 2.45. The van der Waals surface area contributed by atoms with Gasteiger partial charge in [0.25, 0.3) is 0 Å². The molecule has 0 bridgehead atoms. The van der Waals surface area contributed by atoms with E-state index in [0.29, 0.717) is 0 Å². The monoisotopic (exact) mass is 581 g/mol. The SMILES string of the molecule is CCN(CC)c1ccc(C)c(C(c2cc(N(CC)CC)ccc2C)c2ccccc2N(c2ccccc2)c2ccccc2)c1. The fraction of sp³-hybridized carbons (Fsp3) is 0.268. The van der Waals surface area contributed by atoms with Crippen molar-refractivity contribution in [2.75, 3.05) is 40.9 Å². The zero-order valence-electron chi connectivity index (χ0n) is 27.3. The van der Waals surface area contributed by atoms with Crippen LogP contribution < -0.4 is 14.7 Å². The zero-order valence-corrected chi connectivity index (χ0v) is 27.3. The van der Waals surface area contributed by atoms with E-state index in [4.69, 9.17) is 0 Å². The summed E-state index contributed by atoms with van der Waals surface area (Å²) in [5.74, 6) is 0.0344. The lowest BCUT2D eigenvalue weighted by Crippen LogP contribution is -2.23. The molecule has 5 aromatic rings. The summed E-state index contributed by atoms with van der Waals surface area (Å²) >= 11 is 0. The van der Waals surface area contributed by atoms with Gasteiger partial charge >= 0.3 is 0 Å². The fourth-order valence-electron chi connectivity index (χ4n) is 6.47. The maximum atomic E-state index is 2.45. The van der Waals surface area contributed by atoms with E-state index in [1.165, 1.54) is 44.9 Å². The van der Waals surface area contributed by atoms with Crippen molar-refractivity contribution < 1.29 is 0 Å². The summed E-state index contributed by atoms with van der Waals surface area (Å²) in [5, 5.41) is 0. The van der Waals surface area contributed by atoms with Gasteiger partial charge < -0.3 is 14.7 Å². The van der Waals surface area contributed by atoms with Crippen LogP contribution in [0, 0.1) is 13.8 Å². The Balaban J connectivity index is 1.82. The maximum Gasteiger partial charge on any atom is 0.0503 e. The van der Waals surface area contributed by atoms with E-state index in [1.54, 1.807) is 0 Å². The second-order valence-corrected chi connectivity index (χ2v) is 11.4. The van der Waals surface area contributed by atoms with E-state index in [0.717, 1.165) is 37.6 Å². The lowest BCUT2D eigenvalue weighted by Gasteiger charge is -2.33. The van der Waals surface area contributed by atoms with E-state index in [-0.39, 0.29) is 5.92 Å². The standard InChI is InChI=1S/C41H47N3/c1-7-42(8-2)35-27-25-31(5)38(29-35)41(39-30-36(28-26-32(39)6)43(9-3)10-4)37-23-17-18-24-40(37)44(33-19-13-11-14-20-33)34-21-15-12-16-22-34/h11-30,41H,7-10H2,1-6H3. The highest BCUT2D eigenvalue weighted by atomic mass is 15.1. The molecule has 5 rings (SSSR count). The van der Waals surface area contributed by atoms with Gasteiger partial charge in [-0.2, -0.15) is 0 Å². The van der Waals surface area contributed by atoms with Gasteiger partial charge in [-0.3, -0.25) is 0 Å². The lowest BCUT2D eigenvalue weighted by atomic mass is 9.79. The van der Waals surface area contributed by atoms with Crippen LogP contribution in [0.1, 0.15) is 61.4 Å². The predicted octanol–water partition coefficient (Wildman–Crippen LogP) is 10.6. The van der Waals surface area contributed by atoms with E-state index >= 15 is 0 Å². The summed E-state index contributed by atoms with van der Waals surface area (Å²) in [5.41, 5.74) is 12.6. The topological polar surface area (TPSA) is 9.72 Å². The van der Waals surface area contributed by atoms with Crippen molar-refractivity contribution in [3.8, 4) is 0 Å². The average Bonchev–Trinajstić information content (AvgIpc) is 3.06. The number of hydrogen-bond donors (Lipinski definition) is 0. The molecule has 44 heavy (non-hydrogen) atoms. The van der Waals surface area contributed by atoms with Gasteiger partial charge in [-0.1, -0.05) is 66.7 Å². The van der Waals surface area contributed by atoms with Gasteiger partial charge in [-0.05, 0) is 124 Å². The predicted molar refractivity (Wildman–Crippen MR) is 192 cm³/mol. The molecule has 0 fully saturated rings. The van der Waals surface area contributed by atoms with Crippen molar-refractivity contribution in [3.63, 3.8) is 0 Å². The fourth-order valence-corrected chi connectivity index (χ4v) is 6.47. The molecule has 3 heteroatoms. The summed E-state index contributed by atoms with van der Waals surface area (Å²) in [7, 11) is 0. The Kier molecular flexibility index (Phi) is 10.1. The smallest absolute Gasteiger partial charge is 0.0503 e. The number of benzene rings is 5. The molecule has 0 heterocycles. The van der Waals surface area contributed by atoms with Crippen LogP contribution in [-0.4, -0.2) is 26.2 Å². The normalized spacial score (nSPS) is 11.1. The molecule has 0 unspecified atom stereocenters. The summed E-state index contributed by atoms with van der Waals surface area (Å²) < 4.78 is 0. The third-order valence-corrected chi connectivity index (χ3v) is 8.92. The van der Waals surface area contributed by atoms with Crippen LogP contribution in [0.15, 0.2) is 121 Å². The highest BCUT2D eigenvalue weighted by Crippen LogP contribution is 2.45. The van der Waals surface area contributed by atoms with Gasteiger partial charge in [0.2, 0.25) is 0 Å². The van der Waals surface area contributed by atoms with Crippen LogP contribution in [0.5, 0.6) is 0 Å². The Bertz CT molecular complexity index is 1530. The van der Waals surface area contributed by atoms with Crippen LogP contribution >= 0.6 is 0 Å². The Morgan fingerprint density at radius 1 is 0.432 bits per heavy atom. The van der Waals surface area contributed by atoms with Gasteiger partial charge in [-0.15, -0.1) is 0 Å². The summed E-state index contributed by atoms with van der Waals surface area (Å²) in [6.45, 7) is 17.4. The number of hydrogen-bond acceptors (Lipinski definition) is 3. The molecule has 0 atom stereocenters. The first-order valence-electron chi connectivity index (χ1n) is 16.2. The number of rotatable bonds is 12. The minimum absolute atomic E-state index is 0.0344. The first kappa shape index (κ1) is 30.9. The van der Waals surface area contributed by atoms with Gasteiger partial charge in [0.1, 0.15) is 0 Å². The minimum atomic E-state index is 0.0344. The second kappa shape index (κ2) is 14.3. The Labute approximate surface area is 265 Å². The minimum Gasteiger partial charge on any atom is -0.372 e. The zero-order chi connectivity index (χ0) is 31.1. The van der Waals surface area contributed by atoms with Crippen LogP contribution in [0.4, 0.5) is 28.4 Å². The summed E-state index contributed by atoms with van der Waals surface area (Å²) in [6.07, 6.45) is 0. The molecule has 3 nitrogen and oxygen atoms in total. The van der Waals surface area contributed by atoms with Gasteiger partial charge in [0.05, 0.1) is 5.69 Å². The van der Waals surface area contributed by atoms with E-state index in [9.17, 15) is 0 Å². The largest absolute Gasteiger partial charge is 0.372 e. The van der Waals surface area contributed by atoms with Crippen LogP contribution in [0.2, 0.25) is 0 Å². The van der Waals surface area contributed by atoms with Gasteiger partial charge in [0.15, 0.2) is 0 Å². The first-order chi connectivity index (χ1) is 21.5. The number of anilines is 5. The van der Waals surface area contributed by atoms with E-state index in [1.807, 2.05) is 0 Å². The lowest BCUT2D eigenvalue weighted by molar-refractivity contribution is 0.855. The van der Waals surface area contributed by atoms with E-state index < -0.39 is 0 Å². The summed E-state index contributed by atoms with van der Waals surface area (Å²) in [4.78, 5) is 7.31. The van der Waals surface area contributed by atoms with E-state index in [2.05, 4.69) is 178 Å². The first-order valence-corrected chi connectivity index (χ1v) is 16.2. The second-order valence-electron chi connectivity index (χ2n) is 11.4. The van der Waals surface area contributed by atoms with Crippen LogP contribution in [-0.2, 0) is 0 Å². The highest BCUT2D eigenvalue weighted by molar-refractivity contribution is 5.80. The van der Waals surface area contributed by atoms with Crippen LogP contribution in [0.25, 0.3) is 0 Å². The molecule has 0 spiro atoms. The molecule has 0 saturated carbocycles. The molecule has 0 aliphatic carbocycles. The van der Waals surface area contributed by atoms with Crippen molar-refractivity contribution in [2.24, 2.45) is 0 Å². The molecular weight excluding hydrogens is 534 g/mol. The van der Waals surface area contributed by atoms with Crippen molar-refractivity contribution >= 4 is 28.4 Å². The average molecular weight is 582 g/mol. The molecular formula is C41H47N3. The Morgan fingerprint density at radius 2 is 0.841 bits per heavy atom. The molecule has 0 amide bonds. The van der Waals surface area contributed by atoms with Gasteiger partial charge in [-0.25, -0.2) is 0 Å². The molecule has 0 aliphatic heterocycles.